The second kappa shape index (κ2) is 4.09. The van der Waals surface area contributed by atoms with Crippen LogP contribution < -0.4 is 5.73 Å². The van der Waals surface area contributed by atoms with E-state index in [9.17, 15) is 9.18 Å². The van der Waals surface area contributed by atoms with Gasteiger partial charge in [-0.25, -0.2) is 4.39 Å². The number of carbonyl (C=O) groups is 1. The lowest BCUT2D eigenvalue weighted by molar-refractivity contribution is 0.0358. The fraction of sp³-hybridized carbons (Fsp3) is 0.364. The van der Waals surface area contributed by atoms with E-state index in [0.717, 1.165) is 0 Å². The number of benzene rings is 1. The van der Waals surface area contributed by atoms with Crippen LogP contribution in [0.5, 0.6) is 0 Å². The lowest BCUT2D eigenvalue weighted by Gasteiger charge is -2.38. The highest BCUT2D eigenvalue weighted by Crippen LogP contribution is 2.20. The van der Waals surface area contributed by atoms with E-state index < -0.39 is 5.82 Å². The summed E-state index contributed by atoms with van der Waals surface area (Å²) in [5.74, 6) is -0.811. The fourth-order valence-corrected chi connectivity index (χ4v) is 1.73. The van der Waals surface area contributed by atoms with Crippen LogP contribution in [-0.4, -0.2) is 35.6 Å². The SMILES string of the molecule is Nc1ccc(F)c(C(=O)N2CC(CO)C2)c1. The molecule has 0 aliphatic carbocycles. The van der Waals surface area contributed by atoms with Crippen LogP contribution in [0.3, 0.4) is 0 Å². The van der Waals surface area contributed by atoms with Crippen molar-refractivity contribution < 1.29 is 14.3 Å². The van der Waals surface area contributed by atoms with E-state index in [1.807, 2.05) is 0 Å². The van der Waals surface area contributed by atoms with Crippen molar-refractivity contribution in [1.29, 1.82) is 0 Å². The monoisotopic (exact) mass is 224 g/mol. The van der Waals surface area contributed by atoms with Gasteiger partial charge in [-0.2, -0.15) is 0 Å². The van der Waals surface area contributed by atoms with E-state index in [4.69, 9.17) is 10.8 Å². The first-order chi connectivity index (χ1) is 7.61. The van der Waals surface area contributed by atoms with Crippen molar-refractivity contribution in [1.82, 2.24) is 4.90 Å². The van der Waals surface area contributed by atoms with Crippen LogP contribution in [0.1, 0.15) is 10.4 Å². The highest BCUT2D eigenvalue weighted by molar-refractivity contribution is 5.95. The molecule has 0 radical (unpaired) electrons. The summed E-state index contributed by atoms with van der Waals surface area (Å²) in [4.78, 5) is 13.3. The molecule has 1 fully saturated rings. The maximum atomic E-state index is 13.4. The zero-order chi connectivity index (χ0) is 11.7. The number of nitrogen functional groups attached to an aromatic ring is 1. The number of aliphatic hydroxyl groups excluding tert-OH is 1. The molecule has 16 heavy (non-hydrogen) atoms. The Balaban J connectivity index is 2.13. The van der Waals surface area contributed by atoms with Crippen LogP contribution in [0.15, 0.2) is 18.2 Å². The van der Waals surface area contributed by atoms with Gasteiger partial charge in [-0.05, 0) is 18.2 Å². The second-order valence-electron chi connectivity index (χ2n) is 4.00. The van der Waals surface area contributed by atoms with E-state index in [0.29, 0.717) is 18.8 Å². The smallest absolute Gasteiger partial charge is 0.256 e. The van der Waals surface area contributed by atoms with Gasteiger partial charge in [-0.15, -0.1) is 0 Å². The molecule has 2 rings (SSSR count). The Hall–Kier alpha value is -1.62. The molecule has 1 aromatic rings. The van der Waals surface area contributed by atoms with Crippen LogP contribution in [0.25, 0.3) is 0 Å². The molecule has 1 saturated heterocycles. The maximum Gasteiger partial charge on any atom is 0.256 e. The number of carbonyl (C=O) groups excluding carboxylic acids is 1. The molecule has 0 atom stereocenters. The summed E-state index contributed by atoms with van der Waals surface area (Å²) in [6.45, 7) is 1.01. The molecule has 0 aromatic heterocycles. The summed E-state index contributed by atoms with van der Waals surface area (Å²) in [5.41, 5.74) is 5.86. The summed E-state index contributed by atoms with van der Waals surface area (Å²) in [5, 5.41) is 8.82. The zero-order valence-corrected chi connectivity index (χ0v) is 8.69. The number of anilines is 1. The first kappa shape index (κ1) is 10.9. The van der Waals surface area contributed by atoms with E-state index in [1.54, 1.807) is 0 Å². The number of aliphatic hydroxyl groups is 1. The van der Waals surface area contributed by atoms with Gasteiger partial charge in [0.1, 0.15) is 5.82 Å². The number of rotatable bonds is 2. The number of halogens is 1. The van der Waals surface area contributed by atoms with Crippen molar-refractivity contribution in [3.63, 3.8) is 0 Å². The van der Waals surface area contributed by atoms with Crippen molar-refractivity contribution in [2.24, 2.45) is 5.92 Å². The summed E-state index contributed by atoms with van der Waals surface area (Å²) >= 11 is 0. The second-order valence-corrected chi connectivity index (χ2v) is 4.00. The van der Waals surface area contributed by atoms with Crippen LogP contribution in [-0.2, 0) is 0 Å². The Labute approximate surface area is 92.5 Å². The van der Waals surface area contributed by atoms with E-state index >= 15 is 0 Å². The molecule has 1 aromatic carbocycles. The molecule has 86 valence electrons. The Bertz CT molecular complexity index is 416. The Kier molecular flexibility index (Phi) is 2.78. The number of nitrogens with zero attached hydrogens (tertiary/aromatic N) is 1. The van der Waals surface area contributed by atoms with Gasteiger partial charge >= 0.3 is 0 Å². The van der Waals surface area contributed by atoms with Crippen molar-refractivity contribution in [2.75, 3.05) is 25.4 Å². The average molecular weight is 224 g/mol. The molecule has 0 saturated carbocycles. The molecular formula is C11H13FN2O2. The third-order valence-electron chi connectivity index (χ3n) is 2.72. The predicted octanol–water partition coefficient (Wildman–Crippen LogP) is 0.472. The van der Waals surface area contributed by atoms with Gasteiger partial charge < -0.3 is 15.7 Å². The number of nitrogens with two attached hydrogens (primary N) is 1. The normalized spacial score (nSPS) is 16.0. The quantitative estimate of drug-likeness (QED) is 0.718. The number of amides is 1. The Morgan fingerprint density at radius 3 is 2.88 bits per heavy atom. The van der Waals surface area contributed by atoms with Gasteiger partial charge in [-0.1, -0.05) is 0 Å². The Morgan fingerprint density at radius 2 is 2.25 bits per heavy atom. The highest BCUT2D eigenvalue weighted by atomic mass is 19.1. The predicted molar refractivity (Wildman–Crippen MR) is 57.3 cm³/mol. The molecule has 0 unspecified atom stereocenters. The van der Waals surface area contributed by atoms with Crippen molar-refractivity contribution in [2.45, 2.75) is 0 Å². The summed E-state index contributed by atoms with van der Waals surface area (Å²) in [6.07, 6.45) is 0. The average Bonchev–Trinajstić information content (AvgIpc) is 2.20. The summed E-state index contributed by atoms with van der Waals surface area (Å²) < 4.78 is 13.4. The zero-order valence-electron chi connectivity index (χ0n) is 8.69. The minimum absolute atomic E-state index is 0.00334. The van der Waals surface area contributed by atoms with Gasteiger partial charge in [-0.3, -0.25) is 4.79 Å². The molecule has 0 spiro atoms. The number of hydrogen-bond acceptors (Lipinski definition) is 3. The standard InChI is InChI=1S/C11H13FN2O2/c12-10-2-1-8(13)3-9(10)11(16)14-4-7(5-14)6-15/h1-3,7,15H,4-6,13H2. The summed E-state index contributed by atoms with van der Waals surface area (Å²) in [6, 6.07) is 3.94. The van der Waals surface area contributed by atoms with Gasteiger partial charge in [0.05, 0.1) is 5.56 Å². The maximum absolute atomic E-state index is 13.4. The molecule has 5 heteroatoms. The number of hydrogen-bond donors (Lipinski definition) is 2. The van der Waals surface area contributed by atoms with Gasteiger partial charge in [0.2, 0.25) is 0 Å². The topological polar surface area (TPSA) is 66.6 Å². The van der Waals surface area contributed by atoms with Crippen LogP contribution in [0, 0.1) is 11.7 Å². The van der Waals surface area contributed by atoms with Crippen LogP contribution in [0.2, 0.25) is 0 Å². The van der Waals surface area contributed by atoms with Crippen molar-refractivity contribution in [3.05, 3.63) is 29.6 Å². The number of likely N-dealkylation sites (tertiary alicyclic amines) is 1. The van der Waals surface area contributed by atoms with E-state index in [-0.39, 0.29) is 24.0 Å². The van der Waals surface area contributed by atoms with Crippen LogP contribution >= 0.6 is 0 Å². The van der Waals surface area contributed by atoms with Crippen LogP contribution in [0.4, 0.5) is 10.1 Å². The largest absolute Gasteiger partial charge is 0.399 e. The minimum atomic E-state index is -0.563. The first-order valence-electron chi connectivity index (χ1n) is 5.07. The first-order valence-corrected chi connectivity index (χ1v) is 5.07. The van der Waals surface area contributed by atoms with Crippen molar-refractivity contribution >= 4 is 11.6 Å². The molecule has 1 aliphatic rings. The molecule has 1 amide bonds. The molecular weight excluding hydrogens is 211 g/mol. The lowest BCUT2D eigenvalue weighted by atomic mass is 10.00. The minimum Gasteiger partial charge on any atom is -0.399 e. The van der Waals surface area contributed by atoms with Gasteiger partial charge in [0.15, 0.2) is 0 Å². The van der Waals surface area contributed by atoms with E-state index in [1.165, 1.54) is 23.1 Å². The Morgan fingerprint density at radius 1 is 1.56 bits per heavy atom. The molecule has 0 bridgehead atoms. The third kappa shape index (κ3) is 1.86. The molecule has 3 N–H and O–H groups in total. The molecule has 1 aliphatic heterocycles. The lowest BCUT2D eigenvalue weighted by Crippen LogP contribution is -2.51. The highest BCUT2D eigenvalue weighted by Gasteiger charge is 2.31. The summed E-state index contributed by atoms with van der Waals surface area (Å²) in [7, 11) is 0. The van der Waals surface area contributed by atoms with E-state index in [2.05, 4.69) is 0 Å². The van der Waals surface area contributed by atoms with Gasteiger partial charge in [0, 0.05) is 31.3 Å². The van der Waals surface area contributed by atoms with Gasteiger partial charge in [0.25, 0.3) is 5.91 Å². The van der Waals surface area contributed by atoms with Crippen molar-refractivity contribution in [3.8, 4) is 0 Å². The fourth-order valence-electron chi connectivity index (χ4n) is 1.73. The molecule has 4 nitrogen and oxygen atoms in total. The molecule has 1 heterocycles. The third-order valence-corrected chi connectivity index (χ3v) is 2.72.